The summed E-state index contributed by atoms with van der Waals surface area (Å²) in [7, 11) is 1.62. The summed E-state index contributed by atoms with van der Waals surface area (Å²) in [6.07, 6.45) is 8.96. The zero-order valence-electron chi connectivity index (χ0n) is 17.6. The van der Waals surface area contributed by atoms with Gasteiger partial charge in [-0.05, 0) is 56.3 Å². The topological polar surface area (TPSA) is 45.7 Å². The summed E-state index contributed by atoms with van der Waals surface area (Å²) in [5.41, 5.74) is 2.44. The predicted octanol–water partition coefficient (Wildman–Crippen LogP) is 3.86. The Labute approximate surface area is 174 Å². The van der Waals surface area contributed by atoms with E-state index in [1.165, 1.54) is 36.6 Å². The number of nitrogens with zero attached hydrogens (tertiary/aromatic N) is 3. The molecule has 0 bridgehead atoms. The molecule has 1 aromatic carbocycles. The summed E-state index contributed by atoms with van der Waals surface area (Å²) >= 11 is 0. The summed E-state index contributed by atoms with van der Waals surface area (Å²) < 4.78 is 5.15. The molecule has 1 amide bonds. The number of methoxy groups -OCH3 is 1. The number of carbonyl (C=O) groups is 1. The van der Waals surface area contributed by atoms with Gasteiger partial charge in [0, 0.05) is 37.8 Å². The second kappa shape index (κ2) is 9.68. The van der Waals surface area contributed by atoms with Crippen molar-refractivity contribution in [3.05, 3.63) is 42.1 Å². The number of para-hydroxylation sites is 1. The predicted molar refractivity (Wildman–Crippen MR) is 116 cm³/mol. The average molecular weight is 396 g/mol. The van der Waals surface area contributed by atoms with Crippen molar-refractivity contribution >= 4 is 16.8 Å². The number of rotatable bonds is 5. The molecule has 2 saturated heterocycles. The first-order valence-corrected chi connectivity index (χ1v) is 11.1. The standard InChI is InChI=1S/C24H33N3O2/c1-29-18-23(28)27-14-4-2-3-10-22(27)19-11-15-26(16-12-19)17-21-8-5-7-20-9-6-13-25-24(20)21/h5-9,13,19,22H,2-4,10-12,14-18H2,1H3/t22-/m1/s1. The Bertz CT molecular complexity index is 811. The number of hydrogen-bond acceptors (Lipinski definition) is 4. The van der Waals surface area contributed by atoms with Crippen molar-refractivity contribution in [3.8, 4) is 0 Å². The lowest BCUT2D eigenvalue weighted by molar-refractivity contribution is -0.139. The van der Waals surface area contributed by atoms with Crippen molar-refractivity contribution in [2.45, 2.75) is 51.1 Å². The number of likely N-dealkylation sites (tertiary alicyclic amines) is 2. The van der Waals surface area contributed by atoms with Crippen LogP contribution in [0, 0.1) is 5.92 Å². The van der Waals surface area contributed by atoms with Crippen molar-refractivity contribution in [1.29, 1.82) is 0 Å². The van der Waals surface area contributed by atoms with Crippen LogP contribution in [0.15, 0.2) is 36.5 Å². The Hall–Kier alpha value is -1.98. The lowest BCUT2D eigenvalue weighted by Crippen LogP contribution is -2.48. The van der Waals surface area contributed by atoms with Crippen LogP contribution in [0.4, 0.5) is 0 Å². The lowest BCUT2D eigenvalue weighted by Gasteiger charge is -2.40. The van der Waals surface area contributed by atoms with Crippen molar-refractivity contribution in [1.82, 2.24) is 14.8 Å². The monoisotopic (exact) mass is 395 g/mol. The first-order chi connectivity index (χ1) is 14.3. The molecule has 4 rings (SSSR count). The molecule has 0 N–H and O–H groups in total. The van der Waals surface area contributed by atoms with Crippen LogP contribution in [0.25, 0.3) is 10.9 Å². The highest BCUT2D eigenvalue weighted by Crippen LogP contribution is 2.31. The summed E-state index contributed by atoms with van der Waals surface area (Å²) in [6.45, 7) is 4.25. The second-order valence-corrected chi connectivity index (χ2v) is 8.54. The summed E-state index contributed by atoms with van der Waals surface area (Å²) in [6, 6.07) is 11.0. The largest absolute Gasteiger partial charge is 0.375 e. The molecule has 2 aromatic rings. The number of hydrogen-bond donors (Lipinski definition) is 0. The number of amides is 1. The summed E-state index contributed by atoms with van der Waals surface area (Å²) in [4.78, 5) is 21.9. The molecular formula is C24H33N3O2. The zero-order chi connectivity index (χ0) is 20.1. The van der Waals surface area contributed by atoms with Crippen LogP contribution < -0.4 is 0 Å². The molecule has 0 aliphatic carbocycles. The van der Waals surface area contributed by atoms with Gasteiger partial charge in [0.05, 0.1) is 5.52 Å². The van der Waals surface area contributed by atoms with Gasteiger partial charge in [-0.2, -0.15) is 0 Å². The Morgan fingerprint density at radius 2 is 1.90 bits per heavy atom. The smallest absolute Gasteiger partial charge is 0.248 e. The normalized spacial score (nSPS) is 22.0. The van der Waals surface area contributed by atoms with Gasteiger partial charge in [0.1, 0.15) is 6.61 Å². The molecule has 5 heteroatoms. The van der Waals surface area contributed by atoms with Crippen LogP contribution in [0.2, 0.25) is 0 Å². The van der Waals surface area contributed by atoms with Gasteiger partial charge < -0.3 is 9.64 Å². The molecule has 0 spiro atoms. The van der Waals surface area contributed by atoms with Gasteiger partial charge in [0.25, 0.3) is 0 Å². The highest BCUT2D eigenvalue weighted by molar-refractivity contribution is 5.81. The molecule has 3 heterocycles. The molecule has 1 atom stereocenters. The van der Waals surface area contributed by atoms with Crippen LogP contribution in [0.3, 0.4) is 0 Å². The Balaban J connectivity index is 1.39. The highest BCUT2D eigenvalue weighted by atomic mass is 16.5. The quantitative estimate of drug-likeness (QED) is 0.771. The average Bonchev–Trinajstić information content (AvgIpc) is 3.01. The minimum Gasteiger partial charge on any atom is -0.375 e. The lowest BCUT2D eigenvalue weighted by atomic mass is 9.86. The fraction of sp³-hybridized carbons (Fsp3) is 0.583. The van der Waals surface area contributed by atoms with E-state index in [1.807, 2.05) is 12.3 Å². The second-order valence-electron chi connectivity index (χ2n) is 8.54. The molecule has 2 fully saturated rings. The van der Waals surface area contributed by atoms with E-state index < -0.39 is 0 Å². The molecule has 2 aliphatic heterocycles. The maximum Gasteiger partial charge on any atom is 0.248 e. The van der Waals surface area contributed by atoms with Gasteiger partial charge in [-0.3, -0.25) is 14.7 Å². The Morgan fingerprint density at radius 1 is 1.07 bits per heavy atom. The minimum absolute atomic E-state index is 0.170. The third-order valence-electron chi connectivity index (χ3n) is 6.67. The van der Waals surface area contributed by atoms with E-state index in [1.54, 1.807) is 7.11 Å². The summed E-state index contributed by atoms with van der Waals surface area (Å²) in [5, 5.41) is 1.21. The van der Waals surface area contributed by atoms with Crippen LogP contribution in [-0.2, 0) is 16.1 Å². The van der Waals surface area contributed by atoms with Gasteiger partial charge in [0.2, 0.25) is 5.91 Å². The van der Waals surface area contributed by atoms with E-state index in [-0.39, 0.29) is 12.5 Å². The third kappa shape index (κ3) is 4.78. The van der Waals surface area contributed by atoms with Crippen molar-refractivity contribution in [2.75, 3.05) is 33.4 Å². The van der Waals surface area contributed by atoms with E-state index in [0.29, 0.717) is 12.0 Å². The maximum absolute atomic E-state index is 12.6. The van der Waals surface area contributed by atoms with E-state index in [0.717, 1.165) is 44.5 Å². The number of ether oxygens (including phenoxy) is 1. The first kappa shape index (κ1) is 20.3. The summed E-state index contributed by atoms with van der Waals surface area (Å²) in [5.74, 6) is 0.777. The fourth-order valence-electron chi connectivity index (χ4n) is 5.17. The van der Waals surface area contributed by atoms with Crippen LogP contribution in [-0.4, -0.2) is 60.1 Å². The Morgan fingerprint density at radius 3 is 2.72 bits per heavy atom. The zero-order valence-corrected chi connectivity index (χ0v) is 17.6. The van der Waals surface area contributed by atoms with Gasteiger partial charge >= 0.3 is 0 Å². The van der Waals surface area contributed by atoms with Crippen LogP contribution >= 0.6 is 0 Å². The number of carbonyl (C=O) groups excluding carboxylic acids is 1. The van der Waals surface area contributed by atoms with E-state index in [9.17, 15) is 4.79 Å². The molecule has 0 saturated carbocycles. The van der Waals surface area contributed by atoms with E-state index >= 15 is 0 Å². The van der Waals surface area contributed by atoms with Gasteiger partial charge in [-0.15, -0.1) is 0 Å². The molecule has 156 valence electrons. The van der Waals surface area contributed by atoms with E-state index in [4.69, 9.17) is 4.74 Å². The van der Waals surface area contributed by atoms with Crippen LogP contribution in [0.1, 0.15) is 44.1 Å². The number of fused-ring (bicyclic) bond motifs is 1. The minimum atomic E-state index is 0.170. The first-order valence-electron chi connectivity index (χ1n) is 11.1. The Kier molecular flexibility index (Phi) is 6.78. The maximum atomic E-state index is 12.6. The molecule has 1 aromatic heterocycles. The molecule has 2 aliphatic rings. The molecular weight excluding hydrogens is 362 g/mol. The SMILES string of the molecule is COCC(=O)N1CCCCC[C@@H]1C1CCN(Cc2cccc3cccnc23)CC1. The van der Waals surface area contributed by atoms with Crippen LogP contribution in [0.5, 0.6) is 0 Å². The number of benzene rings is 1. The van der Waals surface area contributed by atoms with Crippen molar-refractivity contribution in [3.63, 3.8) is 0 Å². The molecule has 5 nitrogen and oxygen atoms in total. The van der Waals surface area contributed by atoms with E-state index in [2.05, 4.69) is 39.0 Å². The number of aromatic nitrogens is 1. The molecule has 0 radical (unpaired) electrons. The van der Waals surface area contributed by atoms with Gasteiger partial charge in [-0.1, -0.05) is 37.1 Å². The molecule has 29 heavy (non-hydrogen) atoms. The van der Waals surface area contributed by atoms with Gasteiger partial charge in [0.15, 0.2) is 0 Å². The van der Waals surface area contributed by atoms with Gasteiger partial charge in [-0.25, -0.2) is 0 Å². The number of piperidine rings is 1. The number of pyridine rings is 1. The van der Waals surface area contributed by atoms with Crippen molar-refractivity contribution < 1.29 is 9.53 Å². The van der Waals surface area contributed by atoms with Crippen molar-refractivity contribution in [2.24, 2.45) is 5.92 Å². The molecule has 0 unspecified atom stereocenters. The third-order valence-corrected chi connectivity index (χ3v) is 6.67. The fourth-order valence-corrected chi connectivity index (χ4v) is 5.17. The highest BCUT2D eigenvalue weighted by Gasteiger charge is 2.33.